The first-order chi connectivity index (χ1) is 16.1. The van der Waals surface area contributed by atoms with Gasteiger partial charge in [-0.1, -0.05) is 31.2 Å². The number of ether oxygens (including phenoxy) is 1. The fourth-order valence-electron chi connectivity index (χ4n) is 3.83. The predicted molar refractivity (Wildman–Crippen MR) is 126 cm³/mol. The normalized spacial score (nSPS) is 15.1. The van der Waals surface area contributed by atoms with Crippen molar-refractivity contribution in [1.29, 1.82) is 0 Å². The van der Waals surface area contributed by atoms with Crippen molar-refractivity contribution in [3.63, 3.8) is 0 Å². The van der Waals surface area contributed by atoms with Crippen LogP contribution < -0.4 is 10.1 Å². The summed E-state index contributed by atoms with van der Waals surface area (Å²) < 4.78 is 31.6. The lowest BCUT2D eigenvalue weighted by Gasteiger charge is -2.32. The Labute approximate surface area is 199 Å². The summed E-state index contributed by atoms with van der Waals surface area (Å²) in [6, 6.07) is 11.9. The number of hydrogen-bond acceptors (Lipinski definition) is 6. The highest BCUT2D eigenvalue weighted by Gasteiger charge is 2.43. The summed E-state index contributed by atoms with van der Waals surface area (Å²) in [6.07, 6.45) is 0.307. The number of methoxy groups -OCH3 is 1. The summed E-state index contributed by atoms with van der Waals surface area (Å²) in [6.45, 7) is 4.76. The first-order valence-electron chi connectivity index (χ1n) is 11.0. The topological polar surface area (TPSA) is 113 Å². The van der Waals surface area contributed by atoms with E-state index in [1.165, 1.54) is 23.1 Å². The van der Waals surface area contributed by atoms with Gasteiger partial charge in [0.15, 0.2) is 0 Å². The predicted octanol–water partition coefficient (Wildman–Crippen LogP) is 2.17. The Morgan fingerprint density at radius 3 is 2.29 bits per heavy atom. The summed E-state index contributed by atoms with van der Waals surface area (Å²) >= 11 is 0. The Bertz CT molecular complexity index is 1180. The third-order valence-corrected chi connectivity index (χ3v) is 7.31. The van der Waals surface area contributed by atoms with E-state index < -0.39 is 34.4 Å². The van der Waals surface area contributed by atoms with Gasteiger partial charge in [-0.15, -0.1) is 0 Å². The van der Waals surface area contributed by atoms with Gasteiger partial charge in [0, 0.05) is 12.6 Å². The van der Waals surface area contributed by atoms with Gasteiger partial charge in [0.05, 0.1) is 12.7 Å². The number of benzene rings is 2. The molecule has 34 heavy (non-hydrogen) atoms. The second-order valence-electron chi connectivity index (χ2n) is 8.27. The SMILES string of the molecule is CC[C@@H](C(=O)NC(C)C)N(Cc1ccc(OC)cc1)C(=O)CN1C(=O)c2ccccc2S1(=O)=O. The molecule has 9 nitrogen and oxygen atoms in total. The van der Waals surface area contributed by atoms with Crippen LogP contribution >= 0.6 is 0 Å². The highest BCUT2D eigenvalue weighted by Crippen LogP contribution is 2.30. The van der Waals surface area contributed by atoms with Crippen LogP contribution in [-0.2, 0) is 26.2 Å². The second kappa shape index (κ2) is 10.3. The average Bonchev–Trinajstić information content (AvgIpc) is 2.99. The molecule has 3 amide bonds. The molecule has 182 valence electrons. The van der Waals surface area contributed by atoms with Gasteiger partial charge in [0.1, 0.15) is 23.2 Å². The van der Waals surface area contributed by atoms with Crippen LogP contribution in [0, 0.1) is 0 Å². The first-order valence-corrected chi connectivity index (χ1v) is 12.4. The third-order valence-electron chi connectivity index (χ3n) is 5.52. The number of amides is 3. The summed E-state index contributed by atoms with van der Waals surface area (Å²) in [4.78, 5) is 40.4. The highest BCUT2D eigenvalue weighted by molar-refractivity contribution is 7.90. The van der Waals surface area contributed by atoms with Crippen molar-refractivity contribution in [3.8, 4) is 5.75 Å². The number of rotatable bonds is 9. The number of hydrogen-bond donors (Lipinski definition) is 1. The molecule has 1 aliphatic heterocycles. The number of nitrogens with one attached hydrogen (secondary N) is 1. The van der Waals surface area contributed by atoms with Crippen molar-refractivity contribution in [2.75, 3.05) is 13.7 Å². The van der Waals surface area contributed by atoms with Gasteiger partial charge < -0.3 is 15.0 Å². The lowest BCUT2D eigenvalue weighted by Crippen LogP contribution is -2.53. The summed E-state index contributed by atoms with van der Waals surface area (Å²) in [5.41, 5.74) is 0.755. The molecule has 0 aromatic heterocycles. The number of carbonyl (C=O) groups excluding carboxylic acids is 3. The Balaban J connectivity index is 1.92. The molecule has 0 radical (unpaired) electrons. The molecule has 2 aromatic carbocycles. The summed E-state index contributed by atoms with van der Waals surface area (Å²) in [7, 11) is -2.62. The number of fused-ring (bicyclic) bond motifs is 1. The first kappa shape index (κ1) is 25.2. The van der Waals surface area contributed by atoms with E-state index in [0.29, 0.717) is 16.5 Å². The van der Waals surface area contributed by atoms with E-state index >= 15 is 0 Å². The van der Waals surface area contributed by atoms with Crippen molar-refractivity contribution in [3.05, 3.63) is 59.7 Å². The lowest BCUT2D eigenvalue weighted by molar-refractivity contribution is -0.141. The summed E-state index contributed by atoms with van der Waals surface area (Å²) in [5, 5.41) is 2.81. The number of carbonyl (C=O) groups is 3. The zero-order chi connectivity index (χ0) is 25.0. The van der Waals surface area contributed by atoms with E-state index in [0.717, 1.165) is 5.56 Å². The van der Waals surface area contributed by atoms with Crippen molar-refractivity contribution in [2.45, 2.75) is 50.7 Å². The van der Waals surface area contributed by atoms with Crippen molar-refractivity contribution in [1.82, 2.24) is 14.5 Å². The number of nitrogens with zero attached hydrogens (tertiary/aromatic N) is 2. The Morgan fingerprint density at radius 1 is 1.09 bits per heavy atom. The van der Waals surface area contributed by atoms with E-state index in [-0.39, 0.29) is 29.0 Å². The quantitative estimate of drug-likeness (QED) is 0.580. The minimum absolute atomic E-state index is 0.0293. The van der Waals surface area contributed by atoms with Gasteiger partial charge in [0.25, 0.3) is 15.9 Å². The minimum atomic E-state index is -4.16. The molecule has 0 aliphatic carbocycles. The molecule has 0 fully saturated rings. The van der Waals surface area contributed by atoms with Crippen LogP contribution in [0.3, 0.4) is 0 Å². The van der Waals surface area contributed by atoms with Crippen LogP contribution in [0.1, 0.15) is 43.1 Å². The molecular formula is C24H29N3O6S. The van der Waals surface area contributed by atoms with Crippen LogP contribution in [0.2, 0.25) is 0 Å². The maximum absolute atomic E-state index is 13.5. The van der Waals surface area contributed by atoms with Gasteiger partial charge in [0.2, 0.25) is 11.8 Å². The Hall–Kier alpha value is -3.40. The molecule has 2 aromatic rings. The molecule has 10 heteroatoms. The zero-order valence-electron chi connectivity index (χ0n) is 19.6. The van der Waals surface area contributed by atoms with Gasteiger partial charge in [-0.3, -0.25) is 14.4 Å². The third kappa shape index (κ3) is 5.06. The summed E-state index contributed by atoms with van der Waals surface area (Å²) in [5.74, 6) is -1.12. The van der Waals surface area contributed by atoms with Gasteiger partial charge in [-0.25, -0.2) is 12.7 Å². The second-order valence-corrected chi connectivity index (χ2v) is 10.1. The van der Waals surface area contributed by atoms with Crippen LogP contribution in [-0.4, -0.2) is 61.1 Å². The largest absolute Gasteiger partial charge is 0.497 e. The molecule has 0 bridgehead atoms. The minimum Gasteiger partial charge on any atom is -0.497 e. The molecule has 0 saturated carbocycles. The van der Waals surface area contributed by atoms with Crippen LogP contribution in [0.15, 0.2) is 53.4 Å². The molecular weight excluding hydrogens is 458 g/mol. The van der Waals surface area contributed by atoms with E-state index in [1.54, 1.807) is 44.4 Å². The molecule has 0 saturated heterocycles. The number of sulfonamides is 1. The smallest absolute Gasteiger partial charge is 0.269 e. The van der Waals surface area contributed by atoms with Crippen molar-refractivity contribution in [2.24, 2.45) is 0 Å². The fourth-order valence-corrected chi connectivity index (χ4v) is 5.35. The van der Waals surface area contributed by atoms with Crippen molar-refractivity contribution < 1.29 is 27.5 Å². The molecule has 1 aliphatic rings. The average molecular weight is 488 g/mol. The molecule has 3 rings (SSSR count). The zero-order valence-corrected chi connectivity index (χ0v) is 20.5. The maximum Gasteiger partial charge on any atom is 0.269 e. The molecule has 1 heterocycles. The van der Waals surface area contributed by atoms with Crippen LogP contribution in [0.4, 0.5) is 0 Å². The van der Waals surface area contributed by atoms with E-state index in [4.69, 9.17) is 4.74 Å². The highest BCUT2D eigenvalue weighted by atomic mass is 32.2. The molecule has 0 spiro atoms. The monoisotopic (exact) mass is 487 g/mol. The van der Waals surface area contributed by atoms with E-state index in [1.807, 2.05) is 13.8 Å². The van der Waals surface area contributed by atoms with E-state index in [2.05, 4.69) is 5.32 Å². The molecule has 1 N–H and O–H groups in total. The fraction of sp³-hybridized carbons (Fsp3) is 0.375. The maximum atomic E-state index is 13.5. The van der Waals surface area contributed by atoms with Gasteiger partial charge in [-0.2, -0.15) is 0 Å². The Morgan fingerprint density at radius 2 is 1.74 bits per heavy atom. The van der Waals surface area contributed by atoms with Crippen LogP contribution in [0.5, 0.6) is 5.75 Å². The lowest BCUT2D eigenvalue weighted by atomic mass is 10.1. The van der Waals surface area contributed by atoms with Gasteiger partial charge in [-0.05, 0) is 50.1 Å². The molecule has 1 atom stereocenters. The molecule has 0 unspecified atom stereocenters. The van der Waals surface area contributed by atoms with Crippen molar-refractivity contribution >= 4 is 27.7 Å². The van der Waals surface area contributed by atoms with Gasteiger partial charge >= 0.3 is 0 Å². The Kier molecular flexibility index (Phi) is 7.61. The standard InChI is InChI=1S/C24H29N3O6S/c1-5-20(23(29)25-16(2)3)26(14-17-10-12-18(33-4)13-11-17)22(28)15-27-24(30)19-8-6-7-9-21(19)34(27,31)32/h6-13,16,20H,5,14-15H2,1-4H3,(H,25,29)/t20-/m0/s1. The van der Waals surface area contributed by atoms with E-state index in [9.17, 15) is 22.8 Å². The van der Waals surface area contributed by atoms with Crippen LogP contribution in [0.25, 0.3) is 0 Å².